The number of hydrogen-bond acceptors (Lipinski definition) is 4. The van der Waals surface area contributed by atoms with E-state index in [4.69, 9.17) is 0 Å². The number of pyridine rings is 1. The van der Waals surface area contributed by atoms with Crippen LogP contribution >= 0.6 is 0 Å². The summed E-state index contributed by atoms with van der Waals surface area (Å²) < 4.78 is 0. The first-order chi connectivity index (χ1) is 10.3. The average molecular weight is 286 g/mol. The first kappa shape index (κ1) is 13.5. The molecular weight excluding hydrogens is 260 g/mol. The second kappa shape index (κ2) is 5.58. The largest absolute Gasteiger partial charge is 0.370 e. The van der Waals surface area contributed by atoms with Gasteiger partial charge in [0.1, 0.15) is 0 Å². The third kappa shape index (κ3) is 2.79. The van der Waals surface area contributed by atoms with Gasteiger partial charge in [0.2, 0.25) is 0 Å². The molecule has 4 rings (SSSR count). The zero-order valence-electron chi connectivity index (χ0n) is 13.0. The maximum atomic E-state index is 4.35. The van der Waals surface area contributed by atoms with E-state index >= 15 is 0 Å². The van der Waals surface area contributed by atoms with Gasteiger partial charge in [-0.05, 0) is 45.2 Å². The van der Waals surface area contributed by atoms with Crippen LogP contribution < -0.4 is 10.2 Å². The van der Waals surface area contributed by atoms with E-state index in [1.54, 1.807) is 0 Å². The van der Waals surface area contributed by atoms with Crippen LogP contribution in [0.4, 0.5) is 5.69 Å². The zero-order chi connectivity index (χ0) is 14.2. The highest BCUT2D eigenvalue weighted by molar-refractivity contribution is 5.52. The summed E-state index contributed by atoms with van der Waals surface area (Å²) in [6, 6.07) is 4.50. The van der Waals surface area contributed by atoms with Crippen LogP contribution in [0.5, 0.6) is 0 Å². The average Bonchev–Trinajstić information content (AvgIpc) is 3.26. The standard InChI is InChI=1S/C17H26N4/c1-20-15-4-5-16(20)12-21(9-7-15)17-6-8-18-10-13(17)11-19-14-2-3-14/h6,8,10,14-16,19H,2-5,7,9,11-12H2,1H3. The van der Waals surface area contributed by atoms with Crippen molar-refractivity contribution in [1.82, 2.24) is 15.2 Å². The van der Waals surface area contributed by atoms with Crippen molar-refractivity contribution in [1.29, 1.82) is 0 Å². The minimum Gasteiger partial charge on any atom is -0.370 e. The maximum absolute atomic E-state index is 4.35. The Kier molecular flexibility index (Phi) is 3.59. The van der Waals surface area contributed by atoms with Crippen molar-refractivity contribution in [3.63, 3.8) is 0 Å². The number of likely N-dealkylation sites (N-methyl/N-ethyl adjacent to an activating group) is 1. The second-order valence-corrected chi connectivity index (χ2v) is 6.94. The molecule has 2 atom stereocenters. The van der Waals surface area contributed by atoms with Crippen LogP contribution in [0.3, 0.4) is 0 Å². The zero-order valence-corrected chi connectivity index (χ0v) is 13.0. The van der Waals surface area contributed by atoms with Gasteiger partial charge < -0.3 is 10.2 Å². The number of nitrogens with zero attached hydrogens (tertiary/aromatic N) is 3. The first-order valence-corrected chi connectivity index (χ1v) is 8.44. The maximum Gasteiger partial charge on any atom is 0.0443 e. The van der Waals surface area contributed by atoms with Gasteiger partial charge in [0.05, 0.1) is 0 Å². The molecular formula is C17H26N4. The lowest BCUT2D eigenvalue weighted by atomic mass is 10.1. The molecule has 0 aromatic carbocycles. The van der Waals surface area contributed by atoms with E-state index in [9.17, 15) is 0 Å². The van der Waals surface area contributed by atoms with Gasteiger partial charge in [0, 0.05) is 61.4 Å². The summed E-state index contributed by atoms with van der Waals surface area (Å²) in [5.41, 5.74) is 2.77. The lowest BCUT2D eigenvalue weighted by molar-refractivity contribution is 0.254. The van der Waals surface area contributed by atoms with E-state index in [1.807, 2.05) is 6.20 Å². The van der Waals surface area contributed by atoms with Crippen LogP contribution in [0.25, 0.3) is 0 Å². The fraction of sp³-hybridized carbons (Fsp3) is 0.706. The van der Waals surface area contributed by atoms with Crippen LogP contribution in [0.15, 0.2) is 18.5 Å². The Morgan fingerprint density at radius 3 is 2.90 bits per heavy atom. The monoisotopic (exact) mass is 286 g/mol. The normalized spacial score (nSPS) is 29.7. The summed E-state index contributed by atoms with van der Waals surface area (Å²) in [7, 11) is 2.31. The van der Waals surface area contributed by atoms with E-state index in [2.05, 4.69) is 39.4 Å². The van der Waals surface area contributed by atoms with Crippen LogP contribution in [0.2, 0.25) is 0 Å². The summed E-state index contributed by atoms with van der Waals surface area (Å²) in [5.74, 6) is 0. The Bertz CT molecular complexity index is 499. The Balaban J connectivity index is 1.52. The highest BCUT2D eigenvalue weighted by Gasteiger charge is 2.35. The predicted octanol–water partition coefficient (Wildman–Crippen LogP) is 2.01. The van der Waals surface area contributed by atoms with Crippen molar-refractivity contribution < 1.29 is 0 Å². The van der Waals surface area contributed by atoms with Gasteiger partial charge in [-0.2, -0.15) is 0 Å². The molecule has 2 saturated heterocycles. The quantitative estimate of drug-likeness (QED) is 0.917. The molecule has 3 aliphatic rings. The topological polar surface area (TPSA) is 31.4 Å². The van der Waals surface area contributed by atoms with E-state index < -0.39 is 0 Å². The van der Waals surface area contributed by atoms with E-state index in [-0.39, 0.29) is 0 Å². The Labute approximate surface area is 127 Å². The smallest absolute Gasteiger partial charge is 0.0443 e. The number of nitrogens with one attached hydrogen (secondary N) is 1. The van der Waals surface area contributed by atoms with Crippen molar-refractivity contribution in [2.75, 3.05) is 25.0 Å². The number of rotatable bonds is 4. The number of anilines is 1. The minimum atomic E-state index is 0.731. The summed E-state index contributed by atoms with van der Waals surface area (Å²) >= 11 is 0. The molecule has 21 heavy (non-hydrogen) atoms. The Morgan fingerprint density at radius 1 is 1.19 bits per heavy atom. The minimum absolute atomic E-state index is 0.731. The van der Waals surface area contributed by atoms with Gasteiger partial charge in [-0.1, -0.05) is 0 Å². The highest BCUT2D eigenvalue weighted by atomic mass is 15.3. The molecule has 4 nitrogen and oxygen atoms in total. The number of aromatic nitrogens is 1. The third-order valence-electron chi connectivity index (χ3n) is 5.53. The van der Waals surface area contributed by atoms with Crippen LogP contribution in [-0.2, 0) is 6.54 Å². The van der Waals surface area contributed by atoms with Gasteiger partial charge in [-0.15, -0.1) is 0 Å². The molecule has 1 aromatic heterocycles. The lowest BCUT2D eigenvalue weighted by Crippen LogP contribution is -2.37. The van der Waals surface area contributed by atoms with Gasteiger partial charge in [0.15, 0.2) is 0 Å². The van der Waals surface area contributed by atoms with Gasteiger partial charge in [-0.3, -0.25) is 9.88 Å². The van der Waals surface area contributed by atoms with Crippen LogP contribution in [-0.4, -0.2) is 48.1 Å². The summed E-state index contributed by atoms with van der Waals surface area (Å²) in [6.45, 7) is 3.33. The van der Waals surface area contributed by atoms with Crippen molar-refractivity contribution in [3.8, 4) is 0 Å². The second-order valence-electron chi connectivity index (χ2n) is 6.94. The molecule has 2 bridgehead atoms. The Hall–Kier alpha value is -1.13. The molecule has 1 aromatic rings. The van der Waals surface area contributed by atoms with Crippen LogP contribution in [0, 0.1) is 0 Å². The summed E-state index contributed by atoms with van der Waals surface area (Å²) in [6.07, 6.45) is 10.7. The van der Waals surface area contributed by atoms with Gasteiger partial charge in [0.25, 0.3) is 0 Å². The van der Waals surface area contributed by atoms with E-state index in [1.165, 1.54) is 56.4 Å². The molecule has 0 spiro atoms. The molecule has 114 valence electrons. The van der Waals surface area contributed by atoms with Crippen molar-refractivity contribution in [2.24, 2.45) is 0 Å². The molecule has 2 aliphatic heterocycles. The van der Waals surface area contributed by atoms with Crippen molar-refractivity contribution in [3.05, 3.63) is 24.0 Å². The van der Waals surface area contributed by atoms with Crippen molar-refractivity contribution in [2.45, 2.75) is 56.8 Å². The lowest BCUT2D eigenvalue weighted by Gasteiger charge is -2.29. The molecule has 1 N–H and O–H groups in total. The molecule has 1 saturated carbocycles. The molecule has 3 fully saturated rings. The Morgan fingerprint density at radius 2 is 2.05 bits per heavy atom. The summed E-state index contributed by atoms with van der Waals surface area (Å²) in [5, 5.41) is 3.63. The summed E-state index contributed by atoms with van der Waals surface area (Å²) in [4.78, 5) is 9.57. The SMILES string of the molecule is CN1C2CCC1CN(c1ccncc1CNC1CC1)CC2. The molecule has 0 amide bonds. The molecule has 2 unspecified atom stereocenters. The van der Waals surface area contributed by atoms with Gasteiger partial charge >= 0.3 is 0 Å². The fourth-order valence-corrected chi connectivity index (χ4v) is 3.93. The highest BCUT2D eigenvalue weighted by Crippen LogP contribution is 2.32. The van der Waals surface area contributed by atoms with Crippen molar-refractivity contribution >= 4 is 5.69 Å². The fourth-order valence-electron chi connectivity index (χ4n) is 3.93. The number of hydrogen-bond donors (Lipinski definition) is 1. The molecule has 3 heterocycles. The predicted molar refractivity (Wildman–Crippen MR) is 85.5 cm³/mol. The third-order valence-corrected chi connectivity index (χ3v) is 5.53. The number of fused-ring (bicyclic) bond motifs is 2. The molecule has 0 radical (unpaired) electrons. The molecule has 1 aliphatic carbocycles. The first-order valence-electron chi connectivity index (χ1n) is 8.44. The van der Waals surface area contributed by atoms with E-state index in [0.29, 0.717) is 0 Å². The van der Waals surface area contributed by atoms with Gasteiger partial charge in [-0.25, -0.2) is 0 Å². The van der Waals surface area contributed by atoms with Crippen LogP contribution in [0.1, 0.15) is 37.7 Å². The van der Waals surface area contributed by atoms with E-state index in [0.717, 1.165) is 24.7 Å². The molecule has 4 heteroatoms.